The van der Waals surface area contributed by atoms with E-state index in [1.54, 1.807) is 28.6 Å². The number of anilines is 1. The lowest BCUT2D eigenvalue weighted by atomic mass is 9.73. The van der Waals surface area contributed by atoms with E-state index in [9.17, 15) is 9.18 Å². The number of nitrogens with one attached hydrogen (secondary N) is 1. The van der Waals surface area contributed by atoms with Crippen LogP contribution in [0.25, 0.3) is 5.69 Å². The van der Waals surface area contributed by atoms with Gasteiger partial charge in [0.25, 0.3) is 0 Å². The van der Waals surface area contributed by atoms with Crippen molar-refractivity contribution < 1.29 is 13.9 Å². The summed E-state index contributed by atoms with van der Waals surface area (Å²) in [5, 5.41) is 7.93. The molecular weight excluding hydrogens is 401 g/mol. The summed E-state index contributed by atoms with van der Waals surface area (Å²) in [4.78, 5) is 13.8. The Labute approximate surface area is 178 Å². The Kier molecular flexibility index (Phi) is 5.08. The number of aromatic nitrogens is 2. The van der Waals surface area contributed by atoms with E-state index in [0.29, 0.717) is 31.9 Å². The molecule has 1 aromatic heterocycles. The summed E-state index contributed by atoms with van der Waals surface area (Å²) in [5.74, 6) is 1.95. The minimum atomic E-state index is -0.643. The van der Waals surface area contributed by atoms with Crippen molar-refractivity contribution in [2.24, 2.45) is 0 Å². The second kappa shape index (κ2) is 7.89. The highest BCUT2D eigenvalue weighted by Crippen LogP contribution is 2.39. The lowest BCUT2D eigenvalue weighted by Crippen LogP contribution is -2.45. The van der Waals surface area contributed by atoms with Gasteiger partial charge in [0.2, 0.25) is 5.91 Å². The topological polar surface area (TPSA) is 56.2 Å². The van der Waals surface area contributed by atoms with E-state index in [2.05, 4.69) is 5.32 Å². The molecule has 0 unspecified atom stereocenters. The number of hydrogen-bond acceptors (Lipinski definition) is 4. The molecule has 0 spiro atoms. The van der Waals surface area contributed by atoms with Crippen LogP contribution in [0.15, 0.2) is 54.6 Å². The molecule has 3 aromatic rings. The molecule has 3 heterocycles. The van der Waals surface area contributed by atoms with Crippen LogP contribution < -0.4 is 5.32 Å². The first-order valence-corrected chi connectivity index (χ1v) is 11.2. The smallest absolute Gasteiger partial charge is 0.236 e. The van der Waals surface area contributed by atoms with Crippen LogP contribution in [0.5, 0.6) is 0 Å². The molecule has 0 atom stereocenters. The maximum absolute atomic E-state index is 13.8. The highest BCUT2D eigenvalue weighted by atomic mass is 32.2. The zero-order valence-corrected chi connectivity index (χ0v) is 17.3. The second-order valence-corrected chi connectivity index (χ2v) is 8.66. The number of thioether (sulfide) groups is 1. The van der Waals surface area contributed by atoms with Crippen LogP contribution in [0.1, 0.15) is 29.7 Å². The number of rotatable bonds is 4. The van der Waals surface area contributed by atoms with Gasteiger partial charge >= 0.3 is 0 Å². The number of ether oxygens (including phenoxy) is 1. The summed E-state index contributed by atoms with van der Waals surface area (Å²) < 4.78 is 20.8. The van der Waals surface area contributed by atoms with Gasteiger partial charge in [0, 0.05) is 30.3 Å². The van der Waals surface area contributed by atoms with Gasteiger partial charge in [0.15, 0.2) is 0 Å². The largest absolute Gasteiger partial charge is 0.381 e. The van der Waals surface area contributed by atoms with Gasteiger partial charge in [-0.05, 0) is 42.7 Å². The monoisotopic (exact) mass is 423 g/mol. The van der Waals surface area contributed by atoms with E-state index >= 15 is 0 Å². The van der Waals surface area contributed by atoms with Gasteiger partial charge in [0.05, 0.1) is 16.8 Å². The number of carbonyl (C=O) groups excluding carboxylic acids is 1. The summed E-state index contributed by atoms with van der Waals surface area (Å²) in [6, 6.07) is 16.1. The molecule has 30 heavy (non-hydrogen) atoms. The minimum Gasteiger partial charge on any atom is -0.381 e. The van der Waals surface area contributed by atoms with Crippen LogP contribution in [0.2, 0.25) is 0 Å². The van der Waals surface area contributed by atoms with Crippen molar-refractivity contribution >= 4 is 23.5 Å². The van der Waals surface area contributed by atoms with Crippen LogP contribution >= 0.6 is 11.8 Å². The van der Waals surface area contributed by atoms with Crippen molar-refractivity contribution in [1.82, 2.24) is 9.78 Å². The SMILES string of the molecule is O=C(Nc1c2c(nn1-c1ccc(F)cc1)CSC2)C1(c2ccccc2)CCOCC1. The molecule has 0 radical (unpaired) electrons. The summed E-state index contributed by atoms with van der Waals surface area (Å²) in [6.45, 7) is 1.10. The number of carbonyl (C=O) groups is 1. The van der Waals surface area contributed by atoms with Gasteiger partial charge < -0.3 is 10.1 Å². The van der Waals surface area contributed by atoms with Crippen LogP contribution in [-0.4, -0.2) is 28.9 Å². The molecule has 2 aliphatic rings. The van der Waals surface area contributed by atoms with Crippen molar-refractivity contribution in [2.75, 3.05) is 18.5 Å². The molecule has 2 aliphatic heterocycles. The maximum atomic E-state index is 13.8. The normalized spacial score (nSPS) is 17.5. The van der Waals surface area contributed by atoms with E-state index in [1.165, 1.54) is 12.1 Å². The van der Waals surface area contributed by atoms with Crippen LogP contribution in [0.4, 0.5) is 10.2 Å². The van der Waals surface area contributed by atoms with Gasteiger partial charge in [-0.2, -0.15) is 16.9 Å². The first-order valence-electron chi connectivity index (χ1n) is 10.1. The fraction of sp³-hybridized carbons (Fsp3) is 0.304. The fourth-order valence-corrected chi connectivity index (χ4v) is 5.30. The number of halogens is 1. The van der Waals surface area contributed by atoms with Crippen LogP contribution in [0.3, 0.4) is 0 Å². The van der Waals surface area contributed by atoms with E-state index in [0.717, 1.165) is 34.0 Å². The molecule has 5 nitrogen and oxygen atoms in total. The van der Waals surface area contributed by atoms with E-state index in [-0.39, 0.29) is 11.7 Å². The zero-order valence-electron chi connectivity index (χ0n) is 16.4. The molecule has 1 N–H and O–H groups in total. The average molecular weight is 424 g/mol. The summed E-state index contributed by atoms with van der Waals surface area (Å²) in [5.41, 5.74) is 3.11. The predicted octanol–water partition coefficient (Wildman–Crippen LogP) is 4.45. The number of fused-ring (bicyclic) bond motifs is 1. The number of benzene rings is 2. The van der Waals surface area contributed by atoms with E-state index in [1.807, 2.05) is 30.3 Å². The maximum Gasteiger partial charge on any atom is 0.236 e. The molecule has 0 aliphatic carbocycles. The molecule has 0 saturated carbocycles. The third-order valence-electron chi connectivity index (χ3n) is 5.96. The van der Waals surface area contributed by atoms with Crippen molar-refractivity contribution in [3.8, 4) is 5.69 Å². The quantitative estimate of drug-likeness (QED) is 0.674. The molecule has 5 rings (SSSR count). The summed E-state index contributed by atoms with van der Waals surface area (Å²) in [7, 11) is 0. The summed E-state index contributed by atoms with van der Waals surface area (Å²) >= 11 is 1.78. The van der Waals surface area contributed by atoms with Gasteiger partial charge in [-0.3, -0.25) is 4.79 Å². The molecule has 154 valence electrons. The molecule has 0 bridgehead atoms. The Morgan fingerprint density at radius 1 is 1.07 bits per heavy atom. The Morgan fingerprint density at radius 2 is 1.80 bits per heavy atom. The Hall–Kier alpha value is -2.64. The summed E-state index contributed by atoms with van der Waals surface area (Å²) in [6.07, 6.45) is 1.26. The number of amides is 1. The third-order valence-corrected chi connectivity index (χ3v) is 6.93. The standard InChI is InChI=1S/C23H22FN3O2S/c24-17-6-8-18(9-7-17)27-21(19-14-30-15-20(19)26-27)25-22(28)23(10-12-29-13-11-23)16-4-2-1-3-5-16/h1-9H,10-15H2,(H,25,28). The van der Waals surface area contributed by atoms with Gasteiger partial charge in [-0.15, -0.1) is 0 Å². The highest BCUT2D eigenvalue weighted by molar-refractivity contribution is 7.98. The zero-order chi connectivity index (χ0) is 20.6. The number of hydrogen-bond donors (Lipinski definition) is 1. The molecule has 1 amide bonds. The lowest BCUT2D eigenvalue weighted by Gasteiger charge is -2.36. The molecule has 7 heteroatoms. The van der Waals surface area contributed by atoms with Gasteiger partial charge in [-0.25, -0.2) is 9.07 Å². The molecule has 2 aromatic carbocycles. The predicted molar refractivity (Wildman–Crippen MR) is 115 cm³/mol. The molecular formula is C23H22FN3O2S. The van der Waals surface area contributed by atoms with Gasteiger partial charge in [-0.1, -0.05) is 30.3 Å². The van der Waals surface area contributed by atoms with Crippen molar-refractivity contribution in [3.05, 3.63) is 77.2 Å². The van der Waals surface area contributed by atoms with Crippen molar-refractivity contribution in [3.63, 3.8) is 0 Å². The first kappa shape index (κ1) is 19.3. The van der Waals surface area contributed by atoms with Crippen LogP contribution in [-0.2, 0) is 26.5 Å². The Bertz CT molecular complexity index is 1060. The van der Waals surface area contributed by atoms with E-state index in [4.69, 9.17) is 9.84 Å². The molecule has 1 saturated heterocycles. The fourth-order valence-electron chi connectivity index (χ4n) is 4.26. The minimum absolute atomic E-state index is 0.0417. The van der Waals surface area contributed by atoms with Crippen molar-refractivity contribution in [1.29, 1.82) is 0 Å². The second-order valence-electron chi connectivity index (χ2n) is 7.67. The lowest BCUT2D eigenvalue weighted by molar-refractivity contribution is -0.125. The first-order chi connectivity index (χ1) is 14.7. The van der Waals surface area contributed by atoms with Gasteiger partial charge in [0.1, 0.15) is 11.6 Å². The number of nitrogens with zero attached hydrogens (tertiary/aromatic N) is 2. The Balaban J connectivity index is 1.55. The van der Waals surface area contributed by atoms with Crippen LogP contribution in [0, 0.1) is 5.82 Å². The Morgan fingerprint density at radius 3 is 2.53 bits per heavy atom. The highest BCUT2D eigenvalue weighted by Gasteiger charge is 2.42. The van der Waals surface area contributed by atoms with E-state index < -0.39 is 5.41 Å². The van der Waals surface area contributed by atoms with Crippen molar-refractivity contribution in [2.45, 2.75) is 29.8 Å². The molecule has 1 fully saturated rings. The third kappa shape index (κ3) is 3.32. The average Bonchev–Trinajstić information content (AvgIpc) is 3.38.